The molecule has 1 aromatic carbocycles. The van der Waals surface area contributed by atoms with E-state index in [1.807, 2.05) is 4.90 Å². The zero-order valence-corrected chi connectivity index (χ0v) is 26.5. The fourth-order valence-corrected chi connectivity index (χ4v) is 6.41. The molecule has 2 aliphatic rings. The molecule has 2 amide bonds. The minimum atomic E-state index is -4.76. The zero-order chi connectivity index (χ0) is 34.7. The van der Waals surface area contributed by atoms with Crippen molar-refractivity contribution in [1.82, 2.24) is 29.4 Å². The number of benzene rings is 1. The first-order valence-corrected chi connectivity index (χ1v) is 15.4. The zero-order valence-electron chi connectivity index (χ0n) is 26.5. The lowest BCUT2D eigenvalue weighted by Gasteiger charge is -2.54. The van der Waals surface area contributed by atoms with Gasteiger partial charge >= 0.3 is 6.18 Å². The number of aromatic hydroxyl groups is 1. The standard InChI is InChI=1S/C32H32F4N8O4/c1-5-21-27(42-10-11-43(23-9-8-22(23)42)31(48)26-28(46)17(4)37-14-38-26)29(47)25-30(40-16(3)15(2)39-25)44(21)13-24(45)41-20-7-6-18(12-19(20)33)32(34,35)36/h6-7,12,14,22-23,46H,5,8-11,13H2,1-4H3,(H,41,45)/t22-,23-/m0/s1. The molecule has 1 saturated carbocycles. The van der Waals surface area contributed by atoms with Crippen LogP contribution in [0.1, 0.15) is 58.6 Å². The number of rotatable bonds is 6. The molecule has 3 aromatic heterocycles. The molecule has 2 fully saturated rings. The second kappa shape index (κ2) is 12.1. The quantitative estimate of drug-likeness (QED) is 0.291. The number of nitrogens with zero attached hydrogens (tertiary/aromatic N) is 7. The molecule has 0 bridgehead atoms. The Morgan fingerprint density at radius 2 is 1.73 bits per heavy atom. The molecule has 4 aromatic rings. The van der Waals surface area contributed by atoms with Crippen LogP contribution in [-0.2, 0) is 23.9 Å². The maximum atomic E-state index is 14.6. The van der Waals surface area contributed by atoms with E-state index in [-0.39, 0.29) is 59.9 Å². The van der Waals surface area contributed by atoms with Crippen molar-refractivity contribution in [3.63, 3.8) is 0 Å². The van der Waals surface area contributed by atoms with Crippen LogP contribution in [0.4, 0.5) is 28.9 Å². The Bertz CT molecular complexity index is 2030. The molecule has 1 saturated heterocycles. The molecule has 16 heteroatoms. The Morgan fingerprint density at radius 1 is 1.02 bits per heavy atom. The number of aryl methyl sites for hydroxylation is 3. The van der Waals surface area contributed by atoms with Crippen LogP contribution >= 0.6 is 0 Å². The highest BCUT2D eigenvalue weighted by Crippen LogP contribution is 2.39. The van der Waals surface area contributed by atoms with E-state index in [0.29, 0.717) is 47.7 Å². The molecule has 12 nitrogen and oxygen atoms in total. The van der Waals surface area contributed by atoms with E-state index in [1.165, 1.54) is 10.9 Å². The molecule has 252 valence electrons. The Morgan fingerprint density at radius 3 is 2.38 bits per heavy atom. The monoisotopic (exact) mass is 668 g/mol. The number of carbonyl (C=O) groups excluding carboxylic acids is 2. The number of carbonyl (C=O) groups is 2. The van der Waals surface area contributed by atoms with Crippen molar-refractivity contribution in [3.05, 3.63) is 74.6 Å². The fraction of sp³-hybridized carbons (Fsp3) is 0.406. The highest BCUT2D eigenvalue weighted by molar-refractivity contribution is 5.96. The molecule has 2 atom stereocenters. The van der Waals surface area contributed by atoms with Gasteiger partial charge in [-0.25, -0.2) is 24.3 Å². The smallest absolute Gasteiger partial charge is 0.416 e. The van der Waals surface area contributed by atoms with Gasteiger partial charge in [-0.05, 0) is 58.2 Å². The second-order valence-corrected chi connectivity index (χ2v) is 11.9. The third-order valence-electron chi connectivity index (χ3n) is 9.12. The van der Waals surface area contributed by atoms with E-state index in [0.717, 1.165) is 6.07 Å². The lowest BCUT2D eigenvalue weighted by molar-refractivity contribution is -0.137. The minimum Gasteiger partial charge on any atom is -0.504 e. The number of anilines is 2. The number of fused-ring (bicyclic) bond motifs is 2. The van der Waals surface area contributed by atoms with Gasteiger partial charge in [-0.3, -0.25) is 14.4 Å². The van der Waals surface area contributed by atoms with Gasteiger partial charge in [-0.15, -0.1) is 0 Å². The van der Waals surface area contributed by atoms with Crippen molar-refractivity contribution in [2.45, 2.75) is 71.8 Å². The van der Waals surface area contributed by atoms with E-state index in [4.69, 9.17) is 0 Å². The van der Waals surface area contributed by atoms with Crippen molar-refractivity contribution >= 4 is 34.4 Å². The number of pyridine rings is 1. The molecule has 1 aliphatic heterocycles. The molecule has 0 radical (unpaired) electrons. The van der Waals surface area contributed by atoms with E-state index in [2.05, 4.69) is 25.3 Å². The van der Waals surface area contributed by atoms with Crippen LogP contribution in [0.25, 0.3) is 11.2 Å². The first-order chi connectivity index (χ1) is 22.7. The summed E-state index contributed by atoms with van der Waals surface area (Å²) in [6, 6.07) is 1.29. The van der Waals surface area contributed by atoms with E-state index < -0.39 is 47.0 Å². The minimum absolute atomic E-state index is 0.0228. The van der Waals surface area contributed by atoms with Gasteiger partial charge in [0.1, 0.15) is 24.4 Å². The van der Waals surface area contributed by atoms with Gasteiger partial charge in [-0.1, -0.05) is 6.92 Å². The Hall–Kier alpha value is -5.15. The molecular formula is C32H32F4N8O4. The number of halogens is 4. The van der Waals surface area contributed by atoms with Crippen molar-refractivity contribution in [2.75, 3.05) is 23.3 Å². The van der Waals surface area contributed by atoms with Crippen LogP contribution < -0.4 is 15.6 Å². The van der Waals surface area contributed by atoms with Crippen LogP contribution in [0, 0.1) is 26.6 Å². The van der Waals surface area contributed by atoms with Crippen LogP contribution in [0.3, 0.4) is 0 Å². The third-order valence-corrected chi connectivity index (χ3v) is 9.12. The molecule has 4 heterocycles. The molecular weight excluding hydrogens is 636 g/mol. The van der Waals surface area contributed by atoms with Crippen molar-refractivity contribution in [2.24, 2.45) is 0 Å². The number of hydrogen-bond acceptors (Lipinski definition) is 9. The third kappa shape index (κ3) is 5.58. The summed E-state index contributed by atoms with van der Waals surface area (Å²) in [5.74, 6) is -2.73. The normalized spacial score (nSPS) is 17.7. The summed E-state index contributed by atoms with van der Waals surface area (Å²) in [5, 5.41) is 12.8. The molecule has 48 heavy (non-hydrogen) atoms. The van der Waals surface area contributed by atoms with Gasteiger partial charge in [-0.2, -0.15) is 13.2 Å². The Kier molecular flexibility index (Phi) is 8.29. The number of alkyl halides is 3. The number of amides is 2. The summed E-state index contributed by atoms with van der Waals surface area (Å²) in [6.45, 7) is 6.82. The predicted molar refractivity (Wildman–Crippen MR) is 166 cm³/mol. The van der Waals surface area contributed by atoms with Crippen molar-refractivity contribution < 1.29 is 32.3 Å². The summed E-state index contributed by atoms with van der Waals surface area (Å²) in [5.41, 5.74) is 0.122. The van der Waals surface area contributed by atoms with Gasteiger partial charge in [0.25, 0.3) is 5.91 Å². The Labute approximate surface area is 271 Å². The van der Waals surface area contributed by atoms with Crippen molar-refractivity contribution in [1.29, 1.82) is 0 Å². The lowest BCUT2D eigenvalue weighted by atomic mass is 9.81. The summed E-state index contributed by atoms with van der Waals surface area (Å²) in [7, 11) is 0. The average Bonchev–Trinajstić information content (AvgIpc) is 3.01. The van der Waals surface area contributed by atoms with Gasteiger partial charge in [0.05, 0.1) is 34.4 Å². The van der Waals surface area contributed by atoms with E-state index in [1.54, 1.807) is 32.6 Å². The van der Waals surface area contributed by atoms with Crippen molar-refractivity contribution in [3.8, 4) is 5.75 Å². The van der Waals surface area contributed by atoms with Crippen LogP contribution in [0.15, 0.2) is 29.3 Å². The molecule has 6 rings (SSSR count). The SMILES string of the molecule is CCc1c(N2CCN(C(=O)c3ncnc(C)c3O)[C@H]3CC[C@@H]32)c(=O)c2nc(C)c(C)nc2n1CC(=O)Nc1ccc(C(F)(F)F)cc1F. The summed E-state index contributed by atoms with van der Waals surface area (Å²) in [4.78, 5) is 61.7. The molecule has 0 unspecified atom stereocenters. The first-order valence-electron chi connectivity index (χ1n) is 15.4. The van der Waals surface area contributed by atoms with Gasteiger partial charge in [0.2, 0.25) is 11.3 Å². The maximum Gasteiger partial charge on any atom is 0.416 e. The highest BCUT2D eigenvalue weighted by Gasteiger charge is 2.47. The fourth-order valence-electron chi connectivity index (χ4n) is 6.41. The largest absolute Gasteiger partial charge is 0.504 e. The maximum absolute atomic E-state index is 14.6. The van der Waals surface area contributed by atoms with Gasteiger partial charge < -0.3 is 24.8 Å². The number of hydrogen-bond donors (Lipinski definition) is 2. The number of aromatic nitrogens is 5. The van der Waals surface area contributed by atoms with E-state index >= 15 is 0 Å². The number of piperazine rings is 1. The topological polar surface area (TPSA) is 146 Å². The van der Waals surface area contributed by atoms with E-state index in [9.17, 15) is 37.1 Å². The summed E-state index contributed by atoms with van der Waals surface area (Å²) < 4.78 is 55.3. The van der Waals surface area contributed by atoms with Gasteiger partial charge in [0, 0.05) is 24.8 Å². The van der Waals surface area contributed by atoms with Crippen LogP contribution in [0.2, 0.25) is 0 Å². The number of nitrogens with one attached hydrogen (secondary N) is 1. The second-order valence-electron chi connectivity index (χ2n) is 11.9. The molecule has 2 N–H and O–H groups in total. The average molecular weight is 669 g/mol. The summed E-state index contributed by atoms with van der Waals surface area (Å²) >= 11 is 0. The lowest BCUT2D eigenvalue weighted by Crippen LogP contribution is -2.67. The van der Waals surface area contributed by atoms with Crippen LogP contribution in [0.5, 0.6) is 5.75 Å². The van der Waals surface area contributed by atoms with Crippen LogP contribution in [-0.4, -0.2) is 71.5 Å². The van der Waals surface area contributed by atoms with Gasteiger partial charge in [0.15, 0.2) is 22.6 Å². The first kappa shape index (κ1) is 32.8. The molecule has 1 aliphatic carbocycles. The summed E-state index contributed by atoms with van der Waals surface area (Å²) in [6.07, 6.45) is -1.94. The highest BCUT2D eigenvalue weighted by atomic mass is 19.4. The predicted octanol–water partition coefficient (Wildman–Crippen LogP) is 4.06. The molecule has 0 spiro atoms. The Balaban J connectivity index is 1.38.